The van der Waals surface area contributed by atoms with E-state index in [1.54, 1.807) is 0 Å². The van der Waals surface area contributed by atoms with Gasteiger partial charge in [0.25, 0.3) is 0 Å². The normalized spacial score (nSPS) is 12.6. The zero-order valence-corrected chi connectivity index (χ0v) is 12.5. The van der Waals surface area contributed by atoms with Crippen LogP contribution in [0.3, 0.4) is 0 Å². The van der Waals surface area contributed by atoms with Crippen LogP contribution in [0.2, 0.25) is 0 Å². The summed E-state index contributed by atoms with van der Waals surface area (Å²) < 4.78 is 0.352. The number of alkyl halides is 2. The number of hydrogen-bond acceptors (Lipinski definition) is 0. The summed E-state index contributed by atoms with van der Waals surface area (Å²) >= 11 is 7.14. The lowest BCUT2D eigenvalue weighted by atomic mass is 10.00. The molecule has 0 aromatic heterocycles. The molecule has 0 saturated heterocycles. The van der Waals surface area contributed by atoms with E-state index in [0.29, 0.717) is 3.74 Å². The van der Waals surface area contributed by atoms with E-state index in [1.807, 2.05) is 0 Å². The zero-order chi connectivity index (χ0) is 11.8. The molecule has 2 aromatic carbocycles. The van der Waals surface area contributed by atoms with E-state index in [4.69, 9.17) is 0 Å². The summed E-state index contributed by atoms with van der Waals surface area (Å²) in [6.07, 6.45) is 2.10. The molecule has 0 N–H and O–H groups in total. The third-order valence-corrected chi connectivity index (χ3v) is 3.97. The predicted molar refractivity (Wildman–Crippen MR) is 80.0 cm³/mol. The van der Waals surface area contributed by atoms with Crippen LogP contribution in [0.1, 0.15) is 16.7 Å². The van der Waals surface area contributed by atoms with Crippen molar-refractivity contribution in [1.82, 2.24) is 0 Å². The molecule has 0 bridgehead atoms. The maximum absolute atomic E-state index is 3.57. The maximum Gasteiger partial charge on any atom is 0.0738 e. The van der Waals surface area contributed by atoms with Crippen molar-refractivity contribution in [2.45, 2.75) is 16.6 Å². The van der Waals surface area contributed by atoms with Gasteiger partial charge in [-0.25, -0.2) is 0 Å². The first-order valence-corrected chi connectivity index (χ1v) is 7.56. The van der Waals surface area contributed by atoms with E-state index in [-0.39, 0.29) is 0 Å². The third-order valence-electron chi connectivity index (χ3n) is 3.32. The van der Waals surface area contributed by atoms with Crippen LogP contribution in [0.4, 0.5) is 0 Å². The van der Waals surface area contributed by atoms with Gasteiger partial charge in [-0.2, -0.15) is 0 Å². The molecular weight excluding hydrogens is 340 g/mol. The number of halogens is 2. The first kappa shape index (κ1) is 11.5. The Morgan fingerprint density at radius 2 is 1.71 bits per heavy atom. The largest absolute Gasteiger partial charge is 0.0761 e. The van der Waals surface area contributed by atoms with Crippen molar-refractivity contribution in [2.75, 3.05) is 0 Å². The lowest BCUT2D eigenvalue weighted by molar-refractivity contribution is 1.08. The average molecular weight is 352 g/mol. The lowest BCUT2D eigenvalue weighted by Crippen LogP contribution is -1.98. The maximum atomic E-state index is 3.57. The van der Waals surface area contributed by atoms with Crippen LogP contribution in [0.15, 0.2) is 42.5 Å². The summed E-state index contributed by atoms with van der Waals surface area (Å²) in [6.45, 7) is 0. The summed E-state index contributed by atoms with van der Waals surface area (Å²) in [5.74, 6) is 0. The average Bonchev–Trinajstić information content (AvgIpc) is 2.68. The Morgan fingerprint density at radius 1 is 0.941 bits per heavy atom. The second-order valence-corrected chi connectivity index (χ2v) is 7.81. The highest BCUT2D eigenvalue weighted by atomic mass is 79.9. The highest BCUT2D eigenvalue weighted by molar-refractivity contribution is 9.24. The molecule has 0 spiro atoms. The van der Waals surface area contributed by atoms with Crippen molar-refractivity contribution in [3.63, 3.8) is 0 Å². The van der Waals surface area contributed by atoms with Gasteiger partial charge in [-0.15, -0.1) is 0 Å². The topological polar surface area (TPSA) is 0 Å². The van der Waals surface area contributed by atoms with Crippen LogP contribution < -0.4 is 0 Å². The van der Waals surface area contributed by atoms with Crippen LogP contribution in [0.25, 0.3) is 11.1 Å². The van der Waals surface area contributed by atoms with Crippen molar-refractivity contribution >= 4 is 31.9 Å². The number of fused-ring (bicyclic) bond motifs is 3. The molecule has 1 aliphatic carbocycles. The molecule has 0 radical (unpaired) electrons. The van der Waals surface area contributed by atoms with E-state index in [1.165, 1.54) is 27.8 Å². The molecule has 2 aromatic rings. The molecule has 0 atom stereocenters. The van der Waals surface area contributed by atoms with Crippen LogP contribution >= 0.6 is 31.9 Å². The first-order valence-electron chi connectivity index (χ1n) is 5.73. The van der Waals surface area contributed by atoms with Gasteiger partial charge in [0.1, 0.15) is 0 Å². The molecule has 0 amide bonds. The van der Waals surface area contributed by atoms with Gasteiger partial charge >= 0.3 is 0 Å². The van der Waals surface area contributed by atoms with Gasteiger partial charge in [0.2, 0.25) is 0 Å². The van der Waals surface area contributed by atoms with Crippen molar-refractivity contribution < 1.29 is 0 Å². The minimum atomic E-state index is 0.352. The number of rotatable bonds is 2. The fourth-order valence-electron chi connectivity index (χ4n) is 2.58. The Morgan fingerprint density at radius 3 is 2.53 bits per heavy atom. The molecule has 2 heteroatoms. The first-order chi connectivity index (χ1) is 8.25. The molecule has 3 rings (SSSR count). The second kappa shape index (κ2) is 4.58. The SMILES string of the molecule is BrC(Br)Cc1cccc2c1Cc1ccccc1-2. The smallest absolute Gasteiger partial charge is 0.0738 e. The van der Waals surface area contributed by atoms with E-state index in [0.717, 1.165) is 12.8 Å². The lowest BCUT2D eigenvalue weighted by Gasteiger charge is -2.09. The quantitative estimate of drug-likeness (QED) is 0.575. The Hall–Kier alpha value is -0.600. The molecule has 0 nitrogen and oxygen atoms in total. The van der Waals surface area contributed by atoms with Gasteiger partial charge in [-0.3, -0.25) is 0 Å². The molecule has 0 aliphatic heterocycles. The van der Waals surface area contributed by atoms with Gasteiger partial charge in [0, 0.05) is 0 Å². The minimum Gasteiger partial charge on any atom is -0.0761 e. The summed E-state index contributed by atoms with van der Waals surface area (Å²) in [6, 6.07) is 15.4. The van der Waals surface area contributed by atoms with Crippen molar-refractivity contribution in [1.29, 1.82) is 0 Å². The monoisotopic (exact) mass is 350 g/mol. The summed E-state index contributed by atoms with van der Waals surface area (Å²) in [7, 11) is 0. The standard InChI is InChI=1S/C15H12Br2/c16-15(17)9-11-5-3-7-13-12-6-2-1-4-10(12)8-14(11)13/h1-7,15H,8-9H2. The highest BCUT2D eigenvalue weighted by Gasteiger charge is 2.20. The Balaban J connectivity index is 2.11. The van der Waals surface area contributed by atoms with Gasteiger partial charge in [-0.05, 0) is 40.7 Å². The molecule has 0 heterocycles. The fraction of sp³-hybridized carbons (Fsp3) is 0.200. The van der Waals surface area contributed by atoms with Crippen LogP contribution in [-0.2, 0) is 12.8 Å². The Labute approximate surface area is 118 Å². The van der Waals surface area contributed by atoms with Crippen LogP contribution in [0.5, 0.6) is 0 Å². The molecule has 0 unspecified atom stereocenters. The van der Waals surface area contributed by atoms with Gasteiger partial charge in [0.15, 0.2) is 0 Å². The van der Waals surface area contributed by atoms with Crippen LogP contribution in [0, 0.1) is 0 Å². The van der Waals surface area contributed by atoms with E-state index < -0.39 is 0 Å². The highest BCUT2D eigenvalue weighted by Crippen LogP contribution is 2.38. The van der Waals surface area contributed by atoms with Crippen molar-refractivity contribution in [2.24, 2.45) is 0 Å². The fourth-order valence-corrected chi connectivity index (χ4v) is 3.28. The molecule has 86 valence electrons. The van der Waals surface area contributed by atoms with E-state index >= 15 is 0 Å². The van der Waals surface area contributed by atoms with Crippen molar-refractivity contribution in [3.05, 3.63) is 59.2 Å². The summed E-state index contributed by atoms with van der Waals surface area (Å²) in [4.78, 5) is 0. The number of hydrogen-bond donors (Lipinski definition) is 0. The molecule has 0 fully saturated rings. The van der Waals surface area contributed by atoms with Gasteiger partial charge in [-0.1, -0.05) is 74.3 Å². The second-order valence-electron chi connectivity index (χ2n) is 4.37. The molecule has 1 aliphatic rings. The van der Waals surface area contributed by atoms with Gasteiger partial charge in [0.05, 0.1) is 3.74 Å². The minimum absolute atomic E-state index is 0.352. The van der Waals surface area contributed by atoms with E-state index in [9.17, 15) is 0 Å². The third kappa shape index (κ3) is 2.09. The van der Waals surface area contributed by atoms with Crippen molar-refractivity contribution in [3.8, 4) is 11.1 Å². The molecule has 17 heavy (non-hydrogen) atoms. The zero-order valence-electron chi connectivity index (χ0n) is 9.29. The summed E-state index contributed by atoms with van der Waals surface area (Å²) in [5, 5.41) is 0. The molecule has 0 saturated carbocycles. The number of benzene rings is 2. The Bertz CT molecular complexity index is 559. The molecular formula is C15H12Br2. The van der Waals surface area contributed by atoms with Crippen LogP contribution in [-0.4, -0.2) is 3.74 Å². The van der Waals surface area contributed by atoms with Gasteiger partial charge < -0.3 is 0 Å². The Kier molecular flexibility index (Phi) is 3.10. The predicted octanol–water partition coefficient (Wildman–Crippen LogP) is 4.92. The summed E-state index contributed by atoms with van der Waals surface area (Å²) in [5.41, 5.74) is 7.22. The van der Waals surface area contributed by atoms with E-state index in [2.05, 4.69) is 74.3 Å².